The lowest BCUT2D eigenvalue weighted by Crippen LogP contribution is -2.44. The molecular formula is C14H29N3O2. The maximum atomic E-state index is 11.7. The fourth-order valence-corrected chi connectivity index (χ4v) is 2.05. The highest BCUT2D eigenvalue weighted by atomic mass is 16.6. The van der Waals surface area contributed by atoms with E-state index >= 15 is 0 Å². The lowest BCUT2D eigenvalue weighted by molar-refractivity contribution is 0.0300. The van der Waals surface area contributed by atoms with Gasteiger partial charge in [0.05, 0.1) is 0 Å². The number of amides is 1. The van der Waals surface area contributed by atoms with Crippen molar-refractivity contribution in [1.82, 2.24) is 15.5 Å². The second-order valence-corrected chi connectivity index (χ2v) is 6.25. The van der Waals surface area contributed by atoms with Gasteiger partial charge in [-0.25, -0.2) is 4.79 Å². The Morgan fingerprint density at radius 3 is 2.74 bits per heavy atom. The summed E-state index contributed by atoms with van der Waals surface area (Å²) < 4.78 is 5.29. The first kappa shape index (κ1) is 16.2. The molecule has 19 heavy (non-hydrogen) atoms. The van der Waals surface area contributed by atoms with E-state index in [0.29, 0.717) is 12.6 Å². The second-order valence-electron chi connectivity index (χ2n) is 6.25. The van der Waals surface area contributed by atoms with Crippen molar-refractivity contribution in [3.8, 4) is 0 Å². The van der Waals surface area contributed by atoms with E-state index in [1.165, 1.54) is 19.3 Å². The van der Waals surface area contributed by atoms with E-state index in [0.717, 1.165) is 19.6 Å². The number of nitrogens with one attached hydrogen (secondary N) is 2. The molecule has 1 heterocycles. The normalized spacial score (nSPS) is 20.1. The highest BCUT2D eigenvalue weighted by Gasteiger charge is 2.19. The van der Waals surface area contributed by atoms with Gasteiger partial charge in [-0.15, -0.1) is 0 Å². The van der Waals surface area contributed by atoms with E-state index in [4.69, 9.17) is 4.74 Å². The summed E-state index contributed by atoms with van der Waals surface area (Å²) in [5, 5.41) is 6.89. The van der Waals surface area contributed by atoms with Gasteiger partial charge in [0.1, 0.15) is 5.60 Å². The van der Waals surface area contributed by atoms with Crippen LogP contribution in [0, 0.1) is 0 Å². The zero-order valence-electron chi connectivity index (χ0n) is 12.8. The number of carbonyl (C=O) groups is 1. The first-order chi connectivity index (χ1) is 8.88. The number of hydrogen-bond acceptors (Lipinski definition) is 4. The Labute approximate surface area is 117 Å². The van der Waals surface area contributed by atoms with Gasteiger partial charge in [0.2, 0.25) is 0 Å². The van der Waals surface area contributed by atoms with Crippen molar-refractivity contribution in [3.05, 3.63) is 0 Å². The Morgan fingerprint density at radius 1 is 1.42 bits per heavy atom. The van der Waals surface area contributed by atoms with Crippen LogP contribution in [0.1, 0.15) is 40.0 Å². The molecule has 1 unspecified atom stereocenters. The molecule has 0 aromatic heterocycles. The Kier molecular flexibility index (Phi) is 6.58. The van der Waals surface area contributed by atoms with Gasteiger partial charge in [-0.05, 0) is 40.2 Å². The van der Waals surface area contributed by atoms with Crippen LogP contribution in [0.2, 0.25) is 0 Å². The number of rotatable bonds is 5. The quantitative estimate of drug-likeness (QED) is 0.746. The van der Waals surface area contributed by atoms with E-state index in [9.17, 15) is 4.79 Å². The predicted octanol–water partition coefficient (Wildman–Crippen LogP) is 1.58. The summed E-state index contributed by atoms with van der Waals surface area (Å²) in [6.07, 6.45) is 3.59. The van der Waals surface area contributed by atoms with Crippen LogP contribution in [0.3, 0.4) is 0 Å². The minimum atomic E-state index is -0.426. The highest BCUT2D eigenvalue weighted by molar-refractivity contribution is 5.67. The summed E-state index contributed by atoms with van der Waals surface area (Å²) in [6.45, 7) is 9.21. The van der Waals surface area contributed by atoms with Gasteiger partial charge in [0.25, 0.3) is 0 Å². The molecule has 1 atom stereocenters. The molecule has 0 radical (unpaired) electrons. The number of carbonyl (C=O) groups excluding carboxylic acids is 1. The Hall–Kier alpha value is -0.810. The number of nitrogens with zero attached hydrogens (tertiary/aromatic N) is 1. The lowest BCUT2D eigenvalue weighted by atomic mass is 10.1. The third-order valence-corrected chi connectivity index (χ3v) is 3.13. The molecule has 0 aromatic rings. The minimum Gasteiger partial charge on any atom is -0.444 e. The van der Waals surface area contributed by atoms with Crippen molar-refractivity contribution in [2.24, 2.45) is 0 Å². The van der Waals surface area contributed by atoms with Crippen LogP contribution in [0.4, 0.5) is 4.79 Å². The van der Waals surface area contributed by atoms with Crippen LogP contribution < -0.4 is 10.6 Å². The molecule has 0 aromatic carbocycles. The van der Waals surface area contributed by atoms with E-state index < -0.39 is 5.60 Å². The molecule has 1 rings (SSSR count). The maximum Gasteiger partial charge on any atom is 0.410 e. The highest BCUT2D eigenvalue weighted by Crippen LogP contribution is 2.08. The van der Waals surface area contributed by atoms with E-state index in [2.05, 4.69) is 10.6 Å². The first-order valence-corrected chi connectivity index (χ1v) is 7.27. The zero-order chi connectivity index (χ0) is 14.3. The number of hydrogen-bond donors (Lipinski definition) is 2. The van der Waals surface area contributed by atoms with Crippen molar-refractivity contribution in [2.75, 3.05) is 33.2 Å². The topological polar surface area (TPSA) is 53.6 Å². The second kappa shape index (κ2) is 7.70. The predicted molar refractivity (Wildman–Crippen MR) is 77.4 cm³/mol. The van der Waals surface area contributed by atoms with E-state index in [1.54, 1.807) is 11.9 Å². The number of piperidine rings is 1. The Balaban J connectivity index is 2.09. The van der Waals surface area contributed by atoms with Crippen molar-refractivity contribution in [3.63, 3.8) is 0 Å². The van der Waals surface area contributed by atoms with Gasteiger partial charge in [0.15, 0.2) is 0 Å². The van der Waals surface area contributed by atoms with Gasteiger partial charge in [-0.1, -0.05) is 6.42 Å². The van der Waals surface area contributed by atoms with Gasteiger partial charge < -0.3 is 20.3 Å². The zero-order valence-corrected chi connectivity index (χ0v) is 12.8. The molecule has 1 saturated heterocycles. The van der Waals surface area contributed by atoms with Gasteiger partial charge in [0, 0.05) is 32.7 Å². The fraction of sp³-hybridized carbons (Fsp3) is 0.929. The first-order valence-electron chi connectivity index (χ1n) is 7.27. The summed E-state index contributed by atoms with van der Waals surface area (Å²) in [5.41, 5.74) is -0.426. The van der Waals surface area contributed by atoms with Gasteiger partial charge in [-0.2, -0.15) is 0 Å². The van der Waals surface area contributed by atoms with Gasteiger partial charge >= 0.3 is 6.09 Å². The molecule has 1 aliphatic rings. The summed E-state index contributed by atoms with van der Waals surface area (Å²) in [4.78, 5) is 13.3. The molecule has 0 spiro atoms. The molecule has 1 fully saturated rings. The summed E-state index contributed by atoms with van der Waals surface area (Å²) in [5.74, 6) is 0. The Bertz CT molecular complexity index is 270. The standard InChI is InChI=1S/C14H29N3O2/c1-14(2,3)19-13(18)17(4)10-9-15-11-12-7-5-6-8-16-12/h12,15-16H,5-11H2,1-4H3. The summed E-state index contributed by atoms with van der Waals surface area (Å²) >= 11 is 0. The maximum absolute atomic E-state index is 11.7. The van der Waals surface area contributed by atoms with Crippen LogP contribution >= 0.6 is 0 Å². The van der Waals surface area contributed by atoms with E-state index in [1.807, 2.05) is 20.8 Å². The van der Waals surface area contributed by atoms with Crippen molar-refractivity contribution < 1.29 is 9.53 Å². The molecule has 1 aliphatic heterocycles. The summed E-state index contributed by atoms with van der Waals surface area (Å²) in [7, 11) is 1.77. The SMILES string of the molecule is CN(CCNCC1CCCCN1)C(=O)OC(C)(C)C. The molecule has 0 bridgehead atoms. The van der Waals surface area contributed by atoms with Crippen LogP contribution in [0.15, 0.2) is 0 Å². The van der Waals surface area contributed by atoms with Crippen LogP contribution in [0.25, 0.3) is 0 Å². The fourth-order valence-electron chi connectivity index (χ4n) is 2.05. The molecule has 5 heteroatoms. The third kappa shape index (κ3) is 7.38. The molecule has 2 N–H and O–H groups in total. The number of ether oxygens (including phenoxy) is 1. The third-order valence-electron chi connectivity index (χ3n) is 3.13. The Morgan fingerprint density at radius 2 is 2.16 bits per heavy atom. The molecule has 112 valence electrons. The van der Waals surface area contributed by atoms with Crippen molar-refractivity contribution in [1.29, 1.82) is 0 Å². The summed E-state index contributed by atoms with van der Waals surface area (Å²) in [6, 6.07) is 0.584. The molecule has 0 aliphatic carbocycles. The van der Waals surface area contributed by atoms with Crippen molar-refractivity contribution in [2.45, 2.75) is 51.7 Å². The van der Waals surface area contributed by atoms with Crippen LogP contribution in [0.5, 0.6) is 0 Å². The van der Waals surface area contributed by atoms with Crippen LogP contribution in [-0.4, -0.2) is 55.9 Å². The van der Waals surface area contributed by atoms with Crippen molar-refractivity contribution >= 4 is 6.09 Å². The number of likely N-dealkylation sites (N-methyl/N-ethyl adjacent to an activating group) is 1. The van der Waals surface area contributed by atoms with E-state index in [-0.39, 0.29) is 6.09 Å². The minimum absolute atomic E-state index is 0.259. The monoisotopic (exact) mass is 271 g/mol. The van der Waals surface area contributed by atoms with Crippen LogP contribution in [-0.2, 0) is 4.74 Å². The average Bonchev–Trinajstić information content (AvgIpc) is 2.33. The molecule has 0 saturated carbocycles. The largest absolute Gasteiger partial charge is 0.444 e. The van der Waals surface area contributed by atoms with Gasteiger partial charge in [-0.3, -0.25) is 0 Å². The smallest absolute Gasteiger partial charge is 0.410 e. The molecule has 1 amide bonds. The molecular weight excluding hydrogens is 242 g/mol. The average molecular weight is 271 g/mol. The lowest BCUT2D eigenvalue weighted by Gasteiger charge is -2.26. The molecule has 5 nitrogen and oxygen atoms in total.